The molecule has 1 aliphatic rings. The van der Waals surface area contributed by atoms with Gasteiger partial charge in [0, 0.05) is 10.8 Å². The van der Waals surface area contributed by atoms with Crippen LogP contribution in [0.2, 0.25) is 0 Å². The second-order valence-electron chi connectivity index (χ2n) is 3.61. The molecule has 0 spiro atoms. The second kappa shape index (κ2) is 3.69. The van der Waals surface area contributed by atoms with Crippen LogP contribution in [0.1, 0.15) is 52.5 Å². The molecule has 1 saturated carbocycles. The number of carbonyl (C=O) groups is 1. The first-order valence-corrected chi connectivity index (χ1v) is 5.77. The van der Waals surface area contributed by atoms with Crippen molar-refractivity contribution < 1.29 is 9.90 Å². The lowest BCUT2D eigenvalue weighted by Crippen LogP contribution is -2.11. The predicted octanol–water partition coefficient (Wildman–Crippen LogP) is 2.67. The first-order chi connectivity index (χ1) is 6.72. The normalized spacial score (nSPS) is 16.6. The van der Waals surface area contributed by atoms with Crippen molar-refractivity contribution in [2.75, 3.05) is 0 Å². The Bertz CT molecular complexity index is 355. The van der Waals surface area contributed by atoms with Crippen molar-refractivity contribution in [3.63, 3.8) is 0 Å². The number of hydrogen-bond acceptors (Lipinski definition) is 3. The lowest BCUT2D eigenvalue weighted by molar-refractivity contribution is 0.0696. The number of thiazole rings is 1. The van der Waals surface area contributed by atoms with Gasteiger partial charge in [-0.3, -0.25) is 0 Å². The number of nitrogens with zero attached hydrogens (tertiary/aromatic N) is 1. The summed E-state index contributed by atoms with van der Waals surface area (Å²) in [6.45, 7) is 2.06. The SMILES string of the molecule is CCc1sc(C(=O)O)nc1C1CCC1. The molecular weight excluding hydrogens is 198 g/mol. The Balaban J connectivity index is 2.31. The Labute approximate surface area is 86.8 Å². The molecule has 1 heterocycles. The molecule has 4 heteroatoms. The van der Waals surface area contributed by atoms with Gasteiger partial charge >= 0.3 is 5.97 Å². The molecule has 0 amide bonds. The Morgan fingerprint density at radius 3 is 2.79 bits per heavy atom. The number of hydrogen-bond donors (Lipinski definition) is 1. The maximum absolute atomic E-state index is 10.8. The molecule has 1 fully saturated rings. The Hall–Kier alpha value is -0.900. The van der Waals surface area contributed by atoms with Crippen LogP contribution in [-0.2, 0) is 6.42 Å². The van der Waals surface area contributed by atoms with Crippen LogP contribution in [0, 0.1) is 0 Å². The molecule has 0 unspecified atom stereocenters. The van der Waals surface area contributed by atoms with Gasteiger partial charge in [-0.05, 0) is 19.3 Å². The van der Waals surface area contributed by atoms with Gasteiger partial charge < -0.3 is 5.11 Å². The van der Waals surface area contributed by atoms with Crippen LogP contribution in [-0.4, -0.2) is 16.1 Å². The third-order valence-corrected chi connectivity index (χ3v) is 3.93. The summed E-state index contributed by atoms with van der Waals surface area (Å²) in [5.41, 5.74) is 1.06. The third kappa shape index (κ3) is 1.54. The molecule has 3 nitrogen and oxygen atoms in total. The summed E-state index contributed by atoms with van der Waals surface area (Å²) >= 11 is 1.33. The third-order valence-electron chi connectivity index (χ3n) is 2.72. The minimum Gasteiger partial charge on any atom is -0.476 e. The quantitative estimate of drug-likeness (QED) is 0.836. The molecule has 1 aromatic rings. The number of aromatic nitrogens is 1. The monoisotopic (exact) mass is 211 g/mol. The molecular formula is C10H13NO2S. The molecule has 0 saturated heterocycles. The van der Waals surface area contributed by atoms with Gasteiger partial charge in [-0.1, -0.05) is 13.3 Å². The summed E-state index contributed by atoms with van der Waals surface area (Å²) < 4.78 is 0. The fourth-order valence-electron chi connectivity index (χ4n) is 1.71. The van der Waals surface area contributed by atoms with E-state index in [4.69, 9.17) is 5.11 Å². The van der Waals surface area contributed by atoms with Crippen molar-refractivity contribution >= 4 is 17.3 Å². The summed E-state index contributed by atoms with van der Waals surface area (Å²) in [4.78, 5) is 16.1. The van der Waals surface area contributed by atoms with Crippen LogP contribution < -0.4 is 0 Å². The number of carboxylic acids is 1. The average Bonchev–Trinajstić information content (AvgIpc) is 2.45. The number of rotatable bonds is 3. The minimum absolute atomic E-state index is 0.253. The van der Waals surface area contributed by atoms with Gasteiger partial charge in [0.15, 0.2) is 0 Å². The number of aromatic carboxylic acids is 1. The lowest BCUT2D eigenvalue weighted by atomic mass is 9.82. The fourth-order valence-corrected chi connectivity index (χ4v) is 2.63. The minimum atomic E-state index is -0.893. The van der Waals surface area contributed by atoms with Gasteiger partial charge in [0.05, 0.1) is 5.69 Å². The van der Waals surface area contributed by atoms with Crippen molar-refractivity contribution in [1.29, 1.82) is 0 Å². The highest BCUT2D eigenvalue weighted by atomic mass is 32.1. The van der Waals surface area contributed by atoms with E-state index in [2.05, 4.69) is 11.9 Å². The largest absolute Gasteiger partial charge is 0.476 e. The van der Waals surface area contributed by atoms with Gasteiger partial charge in [0.2, 0.25) is 5.01 Å². The lowest BCUT2D eigenvalue weighted by Gasteiger charge is -2.24. The Morgan fingerprint density at radius 2 is 2.36 bits per heavy atom. The van der Waals surface area contributed by atoms with E-state index in [0.717, 1.165) is 17.0 Å². The van der Waals surface area contributed by atoms with Crippen LogP contribution in [0.25, 0.3) is 0 Å². The zero-order valence-corrected chi connectivity index (χ0v) is 8.93. The predicted molar refractivity (Wildman–Crippen MR) is 55.0 cm³/mol. The molecule has 0 aliphatic heterocycles. The van der Waals surface area contributed by atoms with Gasteiger partial charge in [-0.25, -0.2) is 9.78 Å². The molecule has 14 heavy (non-hydrogen) atoms. The standard InChI is InChI=1S/C10H13NO2S/c1-2-7-8(6-4-3-5-6)11-9(14-7)10(12)13/h6H,2-5H2,1H3,(H,12,13). The van der Waals surface area contributed by atoms with Gasteiger partial charge in [0.25, 0.3) is 0 Å². The summed E-state index contributed by atoms with van der Waals surface area (Å²) in [7, 11) is 0. The van der Waals surface area contributed by atoms with E-state index < -0.39 is 5.97 Å². The van der Waals surface area contributed by atoms with E-state index in [0.29, 0.717) is 5.92 Å². The van der Waals surface area contributed by atoms with Crippen molar-refractivity contribution in [2.45, 2.75) is 38.5 Å². The van der Waals surface area contributed by atoms with E-state index in [1.165, 1.54) is 30.6 Å². The van der Waals surface area contributed by atoms with Crippen LogP contribution in [0.4, 0.5) is 0 Å². The maximum Gasteiger partial charge on any atom is 0.365 e. The number of aryl methyl sites for hydroxylation is 1. The topological polar surface area (TPSA) is 50.2 Å². The molecule has 0 atom stereocenters. The zero-order chi connectivity index (χ0) is 10.1. The van der Waals surface area contributed by atoms with Crippen molar-refractivity contribution in [1.82, 2.24) is 4.98 Å². The maximum atomic E-state index is 10.8. The smallest absolute Gasteiger partial charge is 0.365 e. The van der Waals surface area contributed by atoms with E-state index in [-0.39, 0.29) is 5.01 Å². The molecule has 76 valence electrons. The van der Waals surface area contributed by atoms with E-state index in [1.807, 2.05) is 0 Å². The fraction of sp³-hybridized carbons (Fsp3) is 0.600. The second-order valence-corrected chi connectivity index (χ2v) is 4.70. The van der Waals surface area contributed by atoms with Crippen LogP contribution in [0.5, 0.6) is 0 Å². The van der Waals surface area contributed by atoms with Gasteiger partial charge in [-0.2, -0.15) is 0 Å². The average molecular weight is 211 g/mol. The molecule has 0 bridgehead atoms. The highest BCUT2D eigenvalue weighted by Crippen LogP contribution is 2.39. The molecule has 0 aromatic carbocycles. The first-order valence-electron chi connectivity index (χ1n) is 4.95. The first kappa shape index (κ1) is 9.65. The summed E-state index contributed by atoms with van der Waals surface area (Å²) in [6.07, 6.45) is 4.51. The van der Waals surface area contributed by atoms with Crippen LogP contribution in [0.3, 0.4) is 0 Å². The van der Waals surface area contributed by atoms with Crippen molar-refractivity contribution in [3.8, 4) is 0 Å². The molecule has 2 rings (SSSR count). The number of carboxylic acid groups (broad SMARTS) is 1. The van der Waals surface area contributed by atoms with Gasteiger partial charge in [-0.15, -0.1) is 11.3 Å². The molecule has 1 aliphatic carbocycles. The molecule has 1 aromatic heterocycles. The van der Waals surface area contributed by atoms with Crippen molar-refractivity contribution in [2.24, 2.45) is 0 Å². The van der Waals surface area contributed by atoms with Crippen LogP contribution in [0.15, 0.2) is 0 Å². The summed E-state index contributed by atoms with van der Waals surface area (Å²) in [5, 5.41) is 9.09. The van der Waals surface area contributed by atoms with Gasteiger partial charge in [0.1, 0.15) is 0 Å². The van der Waals surface area contributed by atoms with Crippen LogP contribution >= 0.6 is 11.3 Å². The van der Waals surface area contributed by atoms with E-state index in [1.54, 1.807) is 0 Å². The molecule has 0 radical (unpaired) electrons. The highest BCUT2D eigenvalue weighted by Gasteiger charge is 2.26. The van der Waals surface area contributed by atoms with E-state index >= 15 is 0 Å². The zero-order valence-electron chi connectivity index (χ0n) is 8.12. The Morgan fingerprint density at radius 1 is 1.64 bits per heavy atom. The highest BCUT2D eigenvalue weighted by molar-refractivity contribution is 7.13. The summed E-state index contributed by atoms with van der Waals surface area (Å²) in [6, 6.07) is 0. The van der Waals surface area contributed by atoms with E-state index in [9.17, 15) is 4.79 Å². The Kier molecular flexibility index (Phi) is 2.54. The molecule has 1 N–H and O–H groups in total. The van der Waals surface area contributed by atoms with Crippen molar-refractivity contribution in [3.05, 3.63) is 15.6 Å². The summed E-state index contributed by atoms with van der Waals surface area (Å²) in [5.74, 6) is -0.357.